The van der Waals surface area contributed by atoms with Gasteiger partial charge in [0.1, 0.15) is 0 Å². The van der Waals surface area contributed by atoms with Gasteiger partial charge in [-0.15, -0.1) is 5.10 Å². The molecule has 1 aliphatic rings. The molecule has 1 amide bonds. The molecular weight excluding hydrogens is 228 g/mol. The topological polar surface area (TPSA) is 98.7 Å². The summed E-state index contributed by atoms with van der Waals surface area (Å²) < 4.78 is 1.68. The Morgan fingerprint density at radius 3 is 3.12 bits per heavy atom. The smallest absolute Gasteiger partial charge is 0.227 e. The lowest BCUT2D eigenvalue weighted by atomic mass is 10.6. The van der Waals surface area contributed by atoms with Gasteiger partial charge in [0, 0.05) is 12.6 Å². The zero-order chi connectivity index (χ0) is 11.4. The second kappa shape index (κ2) is 5.26. The Hall–Kier alpha value is -1.15. The first-order valence-corrected chi connectivity index (χ1v) is 6.15. The van der Waals surface area contributed by atoms with Crippen LogP contribution in [0.2, 0.25) is 0 Å². The Balaban J connectivity index is 1.77. The normalized spacial score (nSPS) is 15.2. The number of hydrogen-bond donors (Lipinski definition) is 2. The highest BCUT2D eigenvalue weighted by Crippen LogP contribution is 2.18. The lowest BCUT2D eigenvalue weighted by Gasteiger charge is -2.04. The minimum absolute atomic E-state index is 0.205. The first kappa shape index (κ1) is 11.3. The minimum Gasteiger partial charge on any atom is -0.369 e. The van der Waals surface area contributed by atoms with E-state index >= 15 is 0 Å². The summed E-state index contributed by atoms with van der Waals surface area (Å²) in [6.07, 6.45) is 2.53. The maximum Gasteiger partial charge on any atom is 0.227 e. The molecule has 1 heterocycles. The molecule has 1 aromatic rings. The van der Waals surface area contributed by atoms with Gasteiger partial charge in [0.25, 0.3) is 0 Å². The van der Waals surface area contributed by atoms with E-state index in [2.05, 4.69) is 20.8 Å². The van der Waals surface area contributed by atoms with Crippen molar-refractivity contribution in [2.75, 3.05) is 12.3 Å². The van der Waals surface area contributed by atoms with Gasteiger partial charge in [0.05, 0.1) is 12.3 Å². The second-order valence-electron chi connectivity index (χ2n) is 3.67. The average molecular weight is 242 g/mol. The van der Waals surface area contributed by atoms with E-state index in [4.69, 9.17) is 5.73 Å². The number of aromatic nitrogens is 4. The highest BCUT2D eigenvalue weighted by atomic mass is 32.2. The zero-order valence-electron chi connectivity index (χ0n) is 8.80. The first-order valence-electron chi connectivity index (χ1n) is 5.16. The summed E-state index contributed by atoms with van der Waals surface area (Å²) in [5.74, 6) is -0.160. The lowest BCUT2D eigenvalue weighted by Crippen LogP contribution is -2.23. The van der Waals surface area contributed by atoms with Crippen LogP contribution >= 0.6 is 11.8 Å². The molecule has 0 spiro atoms. The zero-order valence-corrected chi connectivity index (χ0v) is 9.61. The number of hydrogen-bond acceptors (Lipinski definition) is 6. The SMILES string of the molecule is NC(=O)CSc1nnnn1CCNC1CC1. The third-order valence-electron chi connectivity index (χ3n) is 2.18. The van der Waals surface area contributed by atoms with Gasteiger partial charge in [0.2, 0.25) is 11.1 Å². The second-order valence-corrected chi connectivity index (χ2v) is 4.61. The lowest BCUT2D eigenvalue weighted by molar-refractivity contribution is -0.115. The van der Waals surface area contributed by atoms with Gasteiger partial charge in [-0.1, -0.05) is 11.8 Å². The van der Waals surface area contributed by atoms with Crippen LogP contribution < -0.4 is 11.1 Å². The summed E-state index contributed by atoms with van der Waals surface area (Å²) in [6, 6.07) is 0.679. The number of nitrogens with two attached hydrogens (primary N) is 1. The maximum atomic E-state index is 10.6. The number of amides is 1. The van der Waals surface area contributed by atoms with Crippen molar-refractivity contribution in [3.63, 3.8) is 0 Å². The van der Waals surface area contributed by atoms with Crippen LogP contribution in [0.5, 0.6) is 0 Å². The van der Waals surface area contributed by atoms with E-state index in [0.29, 0.717) is 17.7 Å². The van der Waals surface area contributed by atoms with E-state index in [0.717, 1.165) is 6.54 Å². The van der Waals surface area contributed by atoms with Gasteiger partial charge >= 0.3 is 0 Å². The van der Waals surface area contributed by atoms with Gasteiger partial charge < -0.3 is 11.1 Å². The van der Waals surface area contributed by atoms with E-state index in [1.807, 2.05) is 0 Å². The molecule has 1 aromatic heterocycles. The van der Waals surface area contributed by atoms with E-state index in [1.165, 1.54) is 24.6 Å². The van der Waals surface area contributed by atoms with Crippen molar-refractivity contribution in [3.05, 3.63) is 0 Å². The van der Waals surface area contributed by atoms with E-state index in [9.17, 15) is 4.79 Å². The summed E-state index contributed by atoms with van der Waals surface area (Å²) in [7, 11) is 0. The molecule has 7 nitrogen and oxygen atoms in total. The standard InChI is InChI=1S/C8H14N6OS/c9-7(15)5-16-8-11-12-13-14(8)4-3-10-6-1-2-6/h6,10H,1-5H2,(H2,9,15). The van der Waals surface area contributed by atoms with Crippen molar-refractivity contribution in [1.29, 1.82) is 0 Å². The number of carbonyl (C=O) groups is 1. The molecule has 1 saturated carbocycles. The molecule has 0 radical (unpaired) electrons. The quantitative estimate of drug-likeness (QED) is 0.595. The number of rotatable bonds is 7. The maximum absolute atomic E-state index is 10.6. The van der Waals surface area contributed by atoms with Crippen molar-refractivity contribution in [2.45, 2.75) is 30.6 Å². The monoisotopic (exact) mass is 242 g/mol. The molecule has 88 valence electrons. The number of thioether (sulfide) groups is 1. The summed E-state index contributed by atoms with van der Waals surface area (Å²) in [4.78, 5) is 10.6. The van der Waals surface area contributed by atoms with Gasteiger partial charge in [-0.2, -0.15) is 0 Å². The highest BCUT2D eigenvalue weighted by molar-refractivity contribution is 7.99. The molecule has 1 fully saturated rings. The van der Waals surface area contributed by atoms with Gasteiger partial charge in [0.15, 0.2) is 0 Å². The predicted octanol–water partition coefficient (Wildman–Crippen LogP) is -0.997. The van der Waals surface area contributed by atoms with Crippen molar-refractivity contribution in [2.24, 2.45) is 5.73 Å². The fraction of sp³-hybridized carbons (Fsp3) is 0.750. The summed E-state index contributed by atoms with van der Waals surface area (Å²) >= 11 is 1.26. The van der Waals surface area contributed by atoms with Gasteiger partial charge in [-0.25, -0.2) is 4.68 Å². The molecule has 0 bridgehead atoms. The Kier molecular flexibility index (Phi) is 3.73. The molecule has 0 aromatic carbocycles. The molecular formula is C8H14N6OS. The molecule has 1 aliphatic carbocycles. The number of tetrazole rings is 1. The van der Waals surface area contributed by atoms with Crippen molar-refractivity contribution in [3.8, 4) is 0 Å². The Bertz CT molecular complexity index is 363. The number of nitrogens with one attached hydrogen (secondary N) is 1. The third-order valence-corrected chi connectivity index (χ3v) is 3.16. The predicted molar refractivity (Wildman–Crippen MR) is 58.8 cm³/mol. The molecule has 0 unspecified atom stereocenters. The van der Waals surface area contributed by atoms with Crippen molar-refractivity contribution in [1.82, 2.24) is 25.5 Å². The van der Waals surface area contributed by atoms with E-state index in [-0.39, 0.29) is 11.7 Å². The minimum atomic E-state index is -0.365. The van der Waals surface area contributed by atoms with Crippen molar-refractivity contribution < 1.29 is 4.79 Å². The largest absolute Gasteiger partial charge is 0.369 e. The van der Waals surface area contributed by atoms with Crippen molar-refractivity contribution >= 4 is 17.7 Å². The van der Waals surface area contributed by atoms with E-state index < -0.39 is 0 Å². The molecule has 0 atom stereocenters. The highest BCUT2D eigenvalue weighted by Gasteiger charge is 2.20. The molecule has 16 heavy (non-hydrogen) atoms. The van der Waals surface area contributed by atoms with Crippen LogP contribution in [0.1, 0.15) is 12.8 Å². The first-order chi connectivity index (χ1) is 7.75. The molecule has 0 saturated heterocycles. The van der Waals surface area contributed by atoms with Crippen LogP contribution in [0.15, 0.2) is 5.16 Å². The summed E-state index contributed by atoms with van der Waals surface area (Å²) in [5, 5.41) is 15.3. The molecule has 8 heteroatoms. The molecule has 0 aliphatic heterocycles. The molecule has 2 rings (SSSR count). The third kappa shape index (κ3) is 3.46. The number of nitrogens with zero attached hydrogens (tertiary/aromatic N) is 4. The van der Waals surface area contributed by atoms with Crippen LogP contribution in [0.4, 0.5) is 0 Å². The van der Waals surface area contributed by atoms with Gasteiger partial charge in [-0.05, 0) is 23.3 Å². The van der Waals surface area contributed by atoms with Crippen LogP contribution in [0.3, 0.4) is 0 Å². The average Bonchev–Trinajstić information content (AvgIpc) is 2.95. The fourth-order valence-corrected chi connectivity index (χ4v) is 1.88. The van der Waals surface area contributed by atoms with Gasteiger partial charge in [-0.3, -0.25) is 4.79 Å². The Labute approximate surface area is 97.1 Å². The Morgan fingerprint density at radius 1 is 1.62 bits per heavy atom. The van der Waals surface area contributed by atoms with Crippen LogP contribution in [-0.4, -0.2) is 44.5 Å². The summed E-state index contributed by atoms with van der Waals surface area (Å²) in [6.45, 7) is 1.56. The van der Waals surface area contributed by atoms with Crippen LogP contribution in [-0.2, 0) is 11.3 Å². The number of primary amides is 1. The van der Waals surface area contributed by atoms with Crippen LogP contribution in [0, 0.1) is 0 Å². The molecule has 3 N–H and O–H groups in total. The Morgan fingerprint density at radius 2 is 2.44 bits per heavy atom. The fourth-order valence-electron chi connectivity index (χ4n) is 1.24. The van der Waals surface area contributed by atoms with E-state index in [1.54, 1.807) is 4.68 Å². The number of carbonyl (C=O) groups excluding carboxylic acids is 1. The van der Waals surface area contributed by atoms with Crippen LogP contribution in [0.25, 0.3) is 0 Å². The summed E-state index contributed by atoms with van der Waals surface area (Å²) in [5.41, 5.74) is 5.06.